The molecule has 1 unspecified atom stereocenters. The van der Waals surface area contributed by atoms with E-state index in [2.05, 4.69) is 24.3 Å². The first-order chi connectivity index (χ1) is 8.78. The summed E-state index contributed by atoms with van der Waals surface area (Å²) in [5.74, 6) is 0. The predicted octanol–water partition coefficient (Wildman–Crippen LogP) is 2.89. The van der Waals surface area contributed by atoms with Gasteiger partial charge in [0, 0.05) is 28.1 Å². The fourth-order valence-electron chi connectivity index (χ4n) is 2.54. The highest BCUT2D eigenvalue weighted by molar-refractivity contribution is 7.12. The Morgan fingerprint density at radius 3 is 3.00 bits per heavy atom. The lowest BCUT2D eigenvalue weighted by molar-refractivity contribution is 0.658. The molecule has 2 N–H and O–H groups in total. The van der Waals surface area contributed by atoms with Crippen LogP contribution in [0, 0.1) is 0 Å². The van der Waals surface area contributed by atoms with Gasteiger partial charge in [-0.3, -0.25) is 4.68 Å². The molecular formula is C14H19N3S. The van der Waals surface area contributed by atoms with Gasteiger partial charge in [-0.25, -0.2) is 0 Å². The van der Waals surface area contributed by atoms with Gasteiger partial charge in [0.25, 0.3) is 0 Å². The van der Waals surface area contributed by atoms with Crippen LogP contribution in [0.4, 0.5) is 0 Å². The molecule has 3 rings (SSSR count). The van der Waals surface area contributed by atoms with Gasteiger partial charge in [0.05, 0.1) is 12.2 Å². The van der Waals surface area contributed by atoms with Gasteiger partial charge in [0.1, 0.15) is 0 Å². The molecule has 0 aliphatic heterocycles. The van der Waals surface area contributed by atoms with Crippen LogP contribution in [0.1, 0.15) is 46.7 Å². The van der Waals surface area contributed by atoms with Gasteiger partial charge >= 0.3 is 0 Å². The average Bonchev–Trinajstić information content (AvgIpc) is 3.04. The van der Waals surface area contributed by atoms with Gasteiger partial charge in [0.2, 0.25) is 0 Å². The molecule has 0 spiro atoms. The minimum absolute atomic E-state index is 0.0131. The van der Waals surface area contributed by atoms with E-state index in [0.717, 1.165) is 12.1 Å². The lowest BCUT2D eigenvalue weighted by atomic mass is 9.98. The summed E-state index contributed by atoms with van der Waals surface area (Å²) in [5, 5.41) is 4.30. The summed E-state index contributed by atoms with van der Waals surface area (Å²) in [5.41, 5.74) is 9.00. The highest BCUT2D eigenvalue weighted by atomic mass is 32.1. The Balaban J connectivity index is 1.87. The lowest BCUT2D eigenvalue weighted by Crippen LogP contribution is -2.09. The molecule has 0 bridgehead atoms. The lowest BCUT2D eigenvalue weighted by Gasteiger charge is -2.08. The molecular weight excluding hydrogens is 242 g/mol. The molecule has 18 heavy (non-hydrogen) atoms. The molecule has 2 heterocycles. The summed E-state index contributed by atoms with van der Waals surface area (Å²) in [7, 11) is 0. The molecule has 0 saturated heterocycles. The second-order valence-corrected chi connectivity index (χ2v) is 6.08. The Labute approximate surface area is 112 Å². The Morgan fingerprint density at radius 2 is 2.28 bits per heavy atom. The topological polar surface area (TPSA) is 43.8 Å². The van der Waals surface area contributed by atoms with Crippen molar-refractivity contribution in [3.8, 4) is 0 Å². The maximum atomic E-state index is 6.35. The number of rotatable bonds is 3. The maximum Gasteiger partial charge on any atom is 0.0677 e. The molecule has 3 nitrogen and oxygen atoms in total. The number of thiophene rings is 1. The van der Waals surface area contributed by atoms with E-state index in [1.165, 1.54) is 36.1 Å². The third-order valence-electron chi connectivity index (χ3n) is 3.66. The van der Waals surface area contributed by atoms with Gasteiger partial charge in [-0.1, -0.05) is 0 Å². The zero-order valence-electron chi connectivity index (χ0n) is 10.7. The van der Waals surface area contributed by atoms with Gasteiger partial charge in [0.15, 0.2) is 0 Å². The molecule has 0 radical (unpaired) electrons. The normalized spacial score (nSPS) is 16.6. The van der Waals surface area contributed by atoms with Gasteiger partial charge in [-0.05, 0) is 44.2 Å². The van der Waals surface area contributed by atoms with Crippen LogP contribution in [0.25, 0.3) is 0 Å². The first-order valence-electron chi connectivity index (χ1n) is 6.67. The van der Waals surface area contributed by atoms with Crippen LogP contribution in [0.15, 0.2) is 18.5 Å². The Hall–Kier alpha value is -1.13. The summed E-state index contributed by atoms with van der Waals surface area (Å²) in [6.07, 6.45) is 9.08. The highest BCUT2D eigenvalue weighted by Crippen LogP contribution is 2.34. The molecule has 0 aromatic carbocycles. The quantitative estimate of drug-likeness (QED) is 0.923. The monoisotopic (exact) mass is 261 g/mol. The summed E-state index contributed by atoms with van der Waals surface area (Å²) >= 11 is 1.89. The first kappa shape index (κ1) is 11.9. The maximum absolute atomic E-state index is 6.35. The predicted molar refractivity (Wildman–Crippen MR) is 74.9 cm³/mol. The standard InChI is InChI=1S/C14H19N3S/c1-2-17-9-11(8-16-17)14(15)13-7-10-5-3-4-6-12(10)18-13/h7-9,14H,2-6,15H2,1H3. The fourth-order valence-corrected chi connectivity index (χ4v) is 3.83. The second kappa shape index (κ2) is 4.86. The van der Waals surface area contributed by atoms with Gasteiger partial charge < -0.3 is 5.73 Å². The Morgan fingerprint density at radius 1 is 1.44 bits per heavy atom. The number of nitrogens with two attached hydrogens (primary N) is 1. The van der Waals surface area contributed by atoms with Crippen LogP contribution < -0.4 is 5.73 Å². The van der Waals surface area contributed by atoms with Crippen LogP contribution in [0.5, 0.6) is 0 Å². The fraction of sp³-hybridized carbons (Fsp3) is 0.500. The number of hydrogen-bond acceptors (Lipinski definition) is 3. The van der Waals surface area contributed by atoms with Crippen LogP contribution >= 0.6 is 11.3 Å². The van der Waals surface area contributed by atoms with E-state index in [4.69, 9.17) is 5.73 Å². The van der Waals surface area contributed by atoms with Crippen LogP contribution in [-0.4, -0.2) is 9.78 Å². The number of hydrogen-bond donors (Lipinski definition) is 1. The second-order valence-electron chi connectivity index (χ2n) is 4.91. The van der Waals surface area contributed by atoms with E-state index in [9.17, 15) is 0 Å². The first-order valence-corrected chi connectivity index (χ1v) is 7.49. The van der Waals surface area contributed by atoms with Crippen molar-refractivity contribution in [1.82, 2.24) is 9.78 Å². The number of aryl methyl sites for hydroxylation is 3. The van der Waals surface area contributed by atoms with E-state index in [0.29, 0.717) is 0 Å². The SMILES string of the molecule is CCn1cc(C(N)c2cc3c(s2)CCCC3)cn1. The molecule has 4 heteroatoms. The van der Waals surface area contributed by atoms with Crippen molar-refractivity contribution in [3.63, 3.8) is 0 Å². The number of fused-ring (bicyclic) bond motifs is 1. The summed E-state index contributed by atoms with van der Waals surface area (Å²) < 4.78 is 1.93. The van der Waals surface area contributed by atoms with Crippen molar-refractivity contribution >= 4 is 11.3 Å². The Kier molecular flexibility index (Phi) is 3.22. The molecule has 0 amide bonds. The summed E-state index contributed by atoms with van der Waals surface area (Å²) in [6.45, 7) is 2.99. The van der Waals surface area contributed by atoms with Gasteiger partial charge in [-0.2, -0.15) is 5.10 Å². The summed E-state index contributed by atoms with van der Waals surface area (Å²) in [6, 6.07) is 2.30. The van der Waals surface area contributed by atoms with Crippen molar-refractivity contribution in [2.45, 2.75) is 45.2 Å². The van der Waals surface area contributed by atoms with Gasteiger partial charge in [-0.15, -0.1) is 11.3 Å². The Bertz CT molecular complexity index is 517. The minimum Gasteiger partial charge on any atom is -0.320 e. The smallest absolute Gasteiger partial charge is 0.0677 e. The van der Waals surface area contributed by atoms with Crippen molar-refractivity contribution in [2.75, 3.05) is 0 Å². The van der Waals surface area contributed by atoms with Crippen molar-refractivity contribution in [3.05, 3.63) is 39.3 Å². The molecule has 96 valence electrons. The van der Waals surface area contributed by atoms with Crippen LogP contribution in [0.3, 0.4) is 0 Å². The zero-order chi connectivity index (χ0) is 12.5. The molecule has 0 fully saturated rings. The minimum atomic E-state index is -0.0131. The van der Waals surface area contributed by atoms with Crippen LogP contribution in [-0.2, 0) is 19.4 Å². The molecule has 0 saturated carbocycles. The molecule has 2 aromatic rings. The third kappa shape index (κ3) is 2.10. The van der Waals surface area contributed by atoms with Crippen molar-refractivity contribution in [1.29, 1.82) is 0 Å². The van der Waals surface area contributed by atoms with E-state index < -0.39 is 0 Å². The number of nitrogens with zero attached hydrogens (tertiary/aromatic N) is 2. The van der Waals surface area contributed by atoms with Crippen molar-refractivity contribution in [2.24, 2.45) is 5.73 Å². The highest BCUT2D eigenvalue weighted by Gasteiger charge is 2.18. The zero-order valence-corrected chi connectivity index (χ0v) is 11.5. The summed E-state index contributed by atoms with van der Waals surface area (Å²) in [4.78, 5) is 2.84. The van der Waals surface area contributed by atoms with E-state index in [-0.39, 0.29) is 6.04 Å². The third-order valence-corrected chi connectivity index (χ3v) is 4.98. The number of aromatic nitrogens is 2. The molecule has 1 atom stereocenters. The molecule has 2 aromatic heterocycles. The largest absolute Gasteiger partial charge is 0.320 e. The van der Waals surface area contributed by atoms with E-state index >= 15 is 0 Å². The van der Waals surface area contributed by atoms with Crippen LogP contribution in [0.2, 0.25) is 0 Å². The molecule has 1 aliphatic carbocycles. The average molecular weight is 261 g/mol. The van der Waals surface area contributed by atoms with E-state index in [1.54, 1.807) is 4.88 Å². The molecule has 1 aliphatic rings. The van der Waals surface area contributed by atoms with Crippen molar-refractivity contribution < 1.29 is 0 Å². The van der Waals surface area contributed by atoms with E-state index in [1.807, 2.05) is 22.2 Å².